The van der Waals surface area contributed by atoms with Crippen LogP contribution in [0.1, 0.15) is 18.5 Å². The number of thioether (sulfide) groups is 1. The van der Waals surface area contributed by atoms with E-state index < -0.39 is 11.9 Å². The van der Waals surface area contributed by atoms with Crippen molar-refractivity contribution in [3.05, 3.63) is 24.0 Å². The molecule has 2 aliphatic heterocycles. The van der Waals surface area contributed by atoms with Gasteiger partial charge in [-0.25, -0.2) is 0 Å². The smallest absolute Gasteiger partial charge is 0.433 e. The molecule has 2 fully saturated rings. The van der Waals surface area contributed by atoms with Crippen LogP contribution in [0.25, 0.3) is 0 Å². The molecule has 0 N–H and O–H groups in total. The molecule has 0 unspecified atom stereocenters. The Morgan fingerprint density at radius 3 is 2.62 bits per heavy atom. The predicted molar refractivity (Wildman–Crippen MR) is 75.6 cm³/mol. The number of halogens is 3. The Morgan fingerprint density at radius 1 is 1.24 bits per heavy atom. The molecular formula is C14H17F3N2OS. The lowest BCUT2D eigenvalue weighted by molar-refractivity contribution is -0.141. The summed E-state index contributed by atoms with van der Waals surface area (Å²) in [5, 5.41) is 0. The normalized spacial score (nSPS) is 22.0. The number of hydrogen-bond acceptors (Lipinski definition) is 4. The molecule has 1 aromatic heterocycles. The van der Waals surface area contributed by atoms with Crippen LogP contribution in [0.3, 0.4) is 0 Å². The molecule has 1 aromatic rings. The summed E-state index contributed by atoms with van der Waals surface area (Å²) >= 11 is 1.99. The monoisotopic (exact) mass is 318 g/mol. The molecule has 7 heteroatoms. The van der Waals surface area contributed by atoms with Gasteiger partial charge in [-0.3, -0.25) is 9.88 Å². The van der Waals surface area contributed by atoms with Crippen molar-refractivity contribution in [2.75, 3.05) is 24.6 Å². The second kappa shape index (κ2) is 6.04. The third-order valence-corrected chi connectivity index (χ3v) is 4.96. The zero-order chi connectivity index (χ0) is 14.9. The summed E-state index contributed by atoms with van der Waals surface area (Å²) < 4.78 is 43.4. The van der Waals surface area contributed by atoms with Gasteiger partial charge in [0.25, 0.3) is 0 Å². The summed E-state index contributed by atoms with van der Waals surface area (Å²) in [6, 6.07) is 3.07. The number of pyridine rings is 1. The van der Waals surface area contributed by atoms with E-state index in [1.165, 1.54) is 30.4 Å². The van der Waals surface area contributed by atoms with Gasteiger partial charge in [0.15, 0.2) is 0 Å². The van der Waals surface area contributed by atoms with Crippen LogP contribution in [0.4, 0.5) is 13.2 Å². The van der Waals surface area contributed by atoms with Crippen LogP contribution < -0.4 is 4.74 Å². The second-order valence-electron chi connectivity index (χ2n) is 5.41. The minimum absolute atomic E-state index is 0.0111. The summed E-state index contributed by atoms with van der Waals surface area (Å²) in [5.41, 5.74) is -0.902. The number of ether oxygens (including phenoxy) is 1. The highest BCUT2D eigenvalue weighted by Crippen LogP contribution is 2.31. The van der Waals surface area contributed by atoms with E-state index in [9.17, 15) is 13.2 Å². The van der Waals surface area contributed by atoms with Crippen molar-refractivity contribution < 1.29 is 17.9 Å². The van der Waals surface area contributed by atoms with Gasteiger partial charge < -0.3 is 4.74 Å². The van der Waals surface area contributed by atoms with Crippen LogP contribution in [0.15, 0.2) is 18.3 Å². The number of alkyl halides is 3. The Balaban J connectivity index is 1.52. The number of aromatic nitrogens is 1. The first kappa shape index (κ1) is 15.0. The fraction of sp³-hybridized carbons (Fsp3) is 0.643. The topological polar surface area (TPSA) is 25.4 Å². The van der Waals surface area contributed by atoms with E-state index in [0.29, 0.717) is 6.04 Å². The SMILES string of the molecule is FC(F)(F)c1cc(OC2CN(C3CCSCC3)C2)ccn1. The minimum atomic E-state index is -4.43. The molecule has 0 saturated carbocycles. The van der Waals surface area contributed by atoms with E-state index in [1.54, 1.807) is 0 Å². The molecule has 3 heterocycles. The maximum atomic E-state index is 12.6. The van der Waals surface area contributed by atoms with E-state index in [1.807, 2.05) is 11.8 Å². The second-order valence-corrected chi connectivity index (χ2v) is 6.64. The lowest BCUT2D eigenvalue weighted by Crippen LogP contribution is -2.58. The van der Waals surface area contributed by atoms with Crippen molar-refractivity contribution in [2.24, 2.45) is 0 Å². The van der Waals surface area contributed by atoms with Crippen molar-refractivity contribution in [3.8, 4) is 5.75 Å². The Hall–Kier alpha value is -0.950. The molecule has 116 valence electrons. The van der Waals surface area contributed by atoms with Gasteiger partial charge in [-0.2, -0.15) is 24.9 Å². The third kappa shape index (κ3) is 3.63. The van der Waals surface area contributed by atoms with Crippen molar-refractivity contribution in [3.63, 3.8) is 0 Å². The van der Waals surface area contributed by atoms with E-state index >= 15 is 0 Å². The quantitative estimate of drug-likeness (QED) is 0.855. The molecule has 2 aliphatic rings. The highest BCUT2D eigenvalue weighted by atomic mass is 32.2. The van der Waals surface area contributed by atoms with Gasteiger partial charge in [-0.15, -0.1) is 0 Å². The molecule has 3 rings (SSSR count). The lowest BCUT2D eigenvalue weighted by Gasteiger charge is -2.45. The van der Waals surface area contributed by atoms with Gasteiger partial charge in [0.05, 0.1) is 0 Å². The van der Waals surface area contributed by atoms with Crippen molar-refractivity contribution in [2.45, 2.75) is 31.2 Å². The van der Waals surface area contributed by atoms with Crippen LogP contribution in [0.5, 0.6) is 5.75 Å². The van der Waals surface area contributed by atoms with Crippen LogP contribution in [0.2, 0.25) is 0 Å². The van der Waals surface area contributed by atoms with Gasteiger partial charge in [-0.05, 0) is 30.4 Å². The molecule has 0 atom stereocenters. The molecule has 21 heavy (non-hydrogen) atoms. The maximum absolute atomic E-state index is 12.6. The fourth-order valence-electron chi connectivity index (χ4n) is 2.72. The van der Waals surface area contributed by atoms with Crippen molar-refractivity contribution >= 4 is 11.8 Å². The summed E-state index contributed by atoms with van der Waals surface area (Å²) in [6.07, 6.45) is -0.893. The average Bonchev–Trinajstić information content (AvgIpc) is 2.43. The number of likely N-dealkylation sites (tertiary alicyclic amines) is 1. The molecule has 0 bridgehead atoms. The Labute approximate surface area is 125 Å². The average molecular weight is 318 g/mol. The molecule has 0 radical (unpaired) electrons. The highest BCUT2D eigenvalue weighted by Gasteiger charge is 2.36. The molecule has 2 saturated heterocycles. The molecule has 0 aliphatic carbocycles. The van der Waals surface area contributed by atoms with Crippen LogP contribution in [-0.4, -0.2) is 46.6 Å². The van der Waals surface area contributed by atoms with Crippen LogP contribution in [-0.2, 0) is 6.18 Å². The van der Waals surface area contributed by atoms with Crippen molar-refractivity contribution in [1.29, 1.82) is 0 Å². The predicted octanol–water partition coefficient (Wildman–Crippen LogP) is 3.06. The van der Waals surface area contributed by atoms with Gasteiger partial charge in [0, 0.05) is 31.4 Å². The fourth-order valence-corrected chi connectivity index (χ4v) is 3.81. The van der Waals surface area contributed by atoms with Crippen LogP contribution >= 0.6 is 11.8 Å². The van der Waals surface area contributed by atoms with E-state index in [0.717, 1.165) is 25.4 Å². The van der Waals surface area contributed by atoms with Gasteiger partial charge in [0.1, 0.15) is 17.5 Å². The first-order valence-electron chi connectivity index (χ1n) is 7.04. The van der Waals surface area contributed by atoms with E-state index in [-0.39, 0.29) is 11.9 Å². The Morgan fingerprint density at radius 2 is 1.95 bits per heavy atom. The number of rotatable bonds is 3. The first-order valence-corrected chi connectivity index (χ1v) is 8.19. The van der Waals surface area contributed by atoms with Crippen LogP contribution in [0, 0.1) is 0 Å². The zero-order valence-electron chi connectivity index (χ0n) is 11.5. The van der Waals surface area contributed by atoms with Crippen molar-refractivity contribution in [1.82, 2.24) is 9.88 Å². The molecule has 3 nitrogen and oxygen atoms in total. The first-order chi connectivity index (χ1) is 10.0. The summed E-state index contributed by atoms with van der Waals surface area (Å²) in [6.45, 7) is 1.61. The number of nitrogens with zero attached hydrogens (tertiary/aromatic N) is 2. The van der Waals surface area contributed by atoms with Gasteiger partial charge >= 0.3 is 6.18 Å². The standard InChI is InChI=1S/C14H17F3N2OS/c15-14(16,17)13-7-11(1-4-18-13)20-12-8-19(9-12)10-2-5-21-6-3-10/h1,4,7,10,12H,2-3,5-6,8-9H2. The van der Waals surface area contributed by atoms with Gasteiger partial charge in [0.2, 0.25) is 0 Å². The summed E-state index contributed by atoms with van der Waals surface area (Å²) in [7, 11) is 0. The van der Waals surface area contributed by atoms with E-state index in [4.69, 9.17) is 4.74 Å². The minimum Gasteiger partial charge on any atom is -0.488 e. The largest absolute Gasteiger partial charge is 0.488 e. The zero-order valence-corrected chi connectivity index (χ0v) is 12.3. The highest BCUT2D eigenvalue weighted by molar-refractivity contribution is 7.99. The Kier molecular flexibility index (Phi) is 4.31. The number of hydrogen-bond donors (Lipinski definition) is 0. The molecule has 0 aromatic carbocycles. The molecular weight excluding hydrogens is 301 g/mol. The summed E-state index contributed by atoms with van der Waals surface area (Å²) in [4.78, 5) is 5.70. The maximum Gasteiger partial charge on any atom is 0.433 e. The third-order valence-electron chi connectivity index (χ3n) is 3.91. The summed E-state index contributed by atoms with van der Waals surface area (Å²) in [5.74, 6) is 2.65. The Bertz CT molecular complexity index is 485. The lowest BCUT2D eigenvalue weighted by atomic mass is 10.0. The molecule has 0 spiro atoms. The van der Waals surface area contributed by atoms with Gasteiger partial charge in [-0.1, -0.05) is 0 Å². The van der Waals surface area contributed by atoms with E-state index in [2.05, 4.69) is 9.88 Å². The molecule has 0 amide bonds.